The lowest BCUT2D eigenvalue weighted by Crippen LogP contribution is -2.11. The summed E-state index contributed by atoms with van der Waals surface area (Å²) >= 11 is 0. The fourth-order valence-electron chi connectivity index (χ4n) is 2.39. The molecule has 0 aliphatic rings. The fraction of sp³-hybridized carbons (Fsp3) is 0.111. The van der Waals surface area contributed by atoms with E-state index in [9.17, 15) is 15.0 Å². The number of nitrogens with two attached hydrogens (primary N) is 1. The Morgan fingerprint density at radius 2 is 1.93 bits per heavy atom. The van der Waals surface area contributed by atoms with Gasteiger partial charge in [0.2, 0.25) is 0 Å². The average Bonchev–Trinajstić information content (AvgIpc) is 2.72. The molecule has 1 aromatic carbocycles. The van der Waals surface area contributed by atoms with Crippen molar-refractivity contribution in [3.05, 3.63) is 59.3 Å². The van der Waals surface area contributed by atoms with Crippen molar-refractivity contribution in [3.8, 4) is 17.3 Å². The second-order valence-corrected chi connectivity index (χ2v) is 5.67. The Morgan fingerprint density at radius 1 is 1.18 bits per heavy atom. The van der Waals surface area contributed by atoms with Crippen LogP contribution in [0.1, 0.15) is 27.4 Å². The summed E-state index contributed by atoms with van der Waals surface area (Å²) < 4.78 is 0. The van der Waals surface area contributed by atoms with Crippen molar-refractivity contribution in [1.82, 2.24) is 19.9 Å². The third kappa shape index (κ3) is 4.00. The van der Waals surface area contributed by atoms with Gasteiger partial charge in [0.1, 0.15) is 17.6 Å². The molecule has 0 unspecified atom stereocenters. The molecule has 3 rings (SSSR count). The molecule has 10 nitrogen and oxygen atoms in total. The van der Waals surface area contributed by atoms with Gasteiger partial charge in [0.15, 0.2) is 17.2 Å². The number of aromatic carboxylic acids is 1. The van der Waals surface area contributed by atoms with Gasteiger partial charge >= 0.3 is 5.97 Å². The Hall–Kier alpha value is -4.10. The van der Waals surface area contributed by atoms with Crippen LogP contribution in [0.25, 0.3) is 11.3 Å². The minimum Gasteiger partial charge on any atom is -0.476 e. The van der Waals surface area contributed by atoms with E-state index in [-0.39, 0.29) is 29.6 Å². The van der Waals surface area contributed by atoms with E-state index in [1.54, 1.807) is 6.07 Å². The molecule has 3 aromatic rings. The van der Waals surface area contributed by atoms with Crippen LogP contribution >= 0.6 is 0 Å². The first-order chi connectivity index (χ1) is 13.5. The van der Waals surface area contributed by atoms with E-state index in [1.165, 1.54) is 12.4 Å². The van der Waals surface area contributed by atoms with Crippen LogP contribution in [0.5, 0.6) is 0 Å². The van der Waals surface area contributed by atoms with Crippen molar-refractivity contribution in [2.24, 2.45) is 0 Å². The summed E-state index contributed by atoms with van der Waals surface area (Å²) in [6, 6.07) is 9.06. The molecule has 0 amide bonds. The van der Waals surface area contributed by atoms with Crippen LogP contribution in [0.4, 0.5) is 11.6 Å². The van der Waals surface area contributed by atoms with Crippen LogP contribution in [0.2, 0.25) is 0 Å². The molecule has 0 aliphatic carbocycles. The number of nitriles is 1. The third-order valence-electron chi connectivity index (χ3n) is 3.83. The highest BCUT2D eigenvalue weighted by Crippen LogP contribution is 2.20. The maximum absolute atomic E-state index is 11.3. The highest BCUT2D eigenvalue weighted by atomic mass is 16.4. The molecular weight excluding hydrogens is 362 g/mol. The Kier molecular flexibility index (Phi) is 5.38. The van der Waals surface area contributed by atoms with E-state index in [0.29, 0.717) is 17.9 Å². The van der Waals surface area contributed by atoms with Crippen molar-refractivity contribution < 1.29 is 15.0 Å². The molecule has 5 N–H and O–H groups in total. The van der Waals surface area contributed by atoms with Gasteiger partial charge in [-0.3, -0.25) is 0 Å². The van der Waals surface area contributed by atoms with Gasteiger partial charge in [-0.15, -0.1) is 0 Å². The summed E-state index contributed by atoms with van der Waals surface area (Å²) in [7, 11) is 0. The predicted octanol–water partition coefficient (Wildman–Crippen LogP) is 1.19. The summed E-state index contributed by atoms with van der Waals surface area (Å²) in [6.07, 6.45) is 2.73. The molecular formula is C18H15N7O3. The van der Waals surface area contributed by atoms with Crippen LogP contribution in [0.15, 0.2) is 36.7 Å². The van der Waals surface area contributed by atoms with Gasteiger partial charge in [0.25, 0.3) is 0 Å². The molecule has 0 aliphatic heterocycles. The number of hydrogen-bond donors (Lipinski definition) is 4. The van der Waals surface area contributed by atoms with Gasteiger partial charge < -0.3 is 21.3 Å². The number of aliphatic hydroxyl groups is 1. The molecule has 2 heterocycles. The molecule has 0 radical (unpaired) electrons. The summed E-state index contributed by atoms with van der Waals surface area (Å²) in [5, 5.41) is 30.2. The number of nitrogen functional groups attached to an aromatic ring is 1. The van der Waals surface area contributed by atoms with E-state index >= 15 is 0 Å². The number of rotatable bonds is 6. The summed E-state index contributed by atoms with van der Waals surface area (Å²) in [6.45, 7) is 0.00264. The molecule has 0 atom stereocenters. The van der Waals surface area contributed by atoms with Gasteiger partial charge in [-0.2, -0.15) is 5.26 Å². The van der Waals surface area contributed by atoms with Crippen LogP contribution in [-0.2, 0) is 13.2 Å². The van der Waals surface area contributed by atoms with Gasteiger partial charge in [0.05, 0.1) is 24.7 Å². The quantitative estimate of drug-likeness (QED) is 0.489. The first-order valence-corrected chi connectivity index (χ1v) is 8.07. The number of hydrogen-bond acceptors (Lipinski definition) is 9. The largest absolute Gasteiger partial charge is 0.476 e. The van der Waals surface area contributed by atoms with Gasteiger partial charge in [-0.25, -0.2) is 24.7 Å². The number of aromatic nitrogens is 4. The maximum Gasteiger partial charge on any atom is 0.358 e. The van der Waals surface area contributed by atoms with Crippen molar-refractivity contribution in [1.29, 1.82) is 5.26 Å². The van der Waals surface area contributed by atoms with E-state index in [1.807, 2.05) is 24.3 Å². The average molecular weight is 377 g/mol. The second-order valence-electron chi connectivity index (χ2n) is 5.67. The number of benzene rings is 1. The lowest BCUT2D eigenvalue weighted by Gasteiger charge is -2.09. The van der Waals surface area contributed by atoms with Crippen LogP contribution in [-0.4, -0.2) is 36.1 Å². The zero-order valence-corrected chi connectivity index (χ0v) is 14.5. The van der Waals surface area contributed by atoms with Crippen LogP contribution in [0, 0.1) is 11.3 Å². The molecule has 10 heteroatoms. The highest BCUT2D eigenvalue weighted by Gasteiger charge is 2.14. The Bertz CT molecular complexity index is 1060. The SMILES string of the molecule is N#Cc1cnc(NCc2ccc(-c3cnc(N)c(CO)n3)cc2)c(C(=O)O)n1. The molecule has 0 saturated carbocycles. The monoisotopic (exact) mass is 377 g/mol. The van der Waals surface area contributed by atoms with Gasteiger partial charge in [-0.05, 0) is 5.56 Å². The fourth-order valence-corrected chi connectivity index (χ4v) is 2.39. The highest BCUT2D eigenvalue weighted by molar-refractivity contribution is 5.90. The van der Waals surface area contributed by atoms with Crippen molar-refractivity contribution in [2.45, 2.75) is 13.2 Å². The summed E-state index contributed by atoms with van der Waals surface area (Å²) in [5.41, 5.74) is 7.78. The van der Waals surface area contributed by atoms with E-state index in [0.717, 1.165) is 11.1 Å². The molecule has 0 saturated heterocycles. The molecule has 2 aromatic heterocycles. The Morgan fingerprint density at radius 3 is 2.57 bits per heavy atom. The first-order valence-electron chi connectivity index (χ1n) is 8.07. The topological polar surface area (TPSA) is 171 Å². The maximum atomic E-state index is 11.3. The van der Waals surface area contributed by atoms with E-state index in [4.69, 9.17) is 11.0 Å². The van der Waals surface area contributed by atoms with Crippen molar-refractivity contribution >= 4 is 17.6 Å². The van der Waals surface area contributed by atoms with Gasteiger partial charge in [-0.1, -0.05) is 24.3 Å². The van der Waals surface area contributed by atoms with Crippen molar-refractivity contribution in [3.63, 3.8) is 0 Å². The minimum absolute atomic E-state index is 0.0702. The molecule has 0 bridgehead atoms. The standard InChI is InChI=1S/C18H15N7O3/c19-5-12-7-23-17(15(24-12)18(27)28)22-6-10-1-3-11(4-2-10)13-8-21-16(20)14(9-26)25-13/h1-4,7-8,26H,6,9H2,(H2,20,21)(H,22,23)(H,27,28). The molecule has 0 fully saturated rings. The van der Waals surface area contributed by atoms with E-state index in [2.05, 4.69) is 25.3 Å². The number of carboxylic acid groups (broad SMARTS) is 1. The number of anilines is 2. The van der Waals surface area contributed by atoms with Crippen molar-refractivity contribution in [2.75, 3.05) is 11.1 Å². The third-order valence-corrected chi connectivity index (χ3v) is 3.83. The molecule has 0 spiro atoms. The number of nitrogens with one attached hydrogen (secondary N) is 1. The summed E-state index contributed by atoms with van der Waals surface area (Å²) in [4.78, 5) is 27.3. The zero-order chi connectivity index (χ0) is 20.1. The molecule has 140 valence electrons. The van der Waals surface area contributed by atoms with Gasteiger partial charge in [0, 0.05) is 12.1 Å². The zero-order valence-electron chi connectivity index (χ0n) is 14.5. The summed E-state index contributed by atoms with van der Waals surface area (Å²) in [5.74, 6) is -1.01. The number of aliphatic hydroxyl groups excluding tert-OH is 1. The molecule has 28 heavy (non-hydrogen) atoms. The first kappa shape index (κ1) is 18.7. The number of carbonyl (C=O) groups is 1. The van der Waals surface area contributed by atoms with Crippen LogP contribution in [0.3, 0.4) is 0 Å². The van der Waals surface area contributed by atoms with Crippen LogP contribution < -0.4 is 11.1 Å². The minimum atomic E-state index is -1.27. The lowest BCUT2D eigenvalue weighted by atomic mass is 10.1. The number of carboxylic acids is 1. The second kappa shape index (κ2) is 8.07. The Labute approximate surface area is 159 Å². The lowest BCUT2D eigenvalue weighted by molar-refractivity contribution is 0.0691. The normalized spacial score (nSPS) is 10.3. The van der Waals surface area contributed by atoms with E-state index < -0.39 is 5.97 Å². The predicted molar refractivity (Wildman–Crippen MR) is 98.8 cm³/mol. The number of nitrogens with zero attached hydrogens (tertiary/aromatic N) is 5. The Balaban J connectivity index is 1.75. The smallest absolute Gasteiger partial charge is 0.358 e.